The van der Waals surface area contributed by atoms with E-state index >= 15 is 0 Å². The first-order valence-electron chi connectivity index (χ1n) is 6.00. The van der Waals surface area contributed by atoms with E-state index in [4.69, 9.17) is 4.74 Å². The summed E-state index contributed by atoms with van der Waals surface area (Å²) in [4.78, 5) is 0. The van der Waals surface area contributed by atoms with Gasteiger partial charge in [0.15, 0.2) is 0 Å². The molecule has 0 bridgehead atoms. The molecule has 0 aliphatic heterocycles. The average molecular weight is 237 g/mol. The van der Waals surface area contributed by atoms with Crippen LogP contribution in [0.3, 0.4) is 0 Å². The van der Waals surface area contributed by atoms with Crippen molar-refractivity contribution in [2.45, 2.75) is 26.8 Å². The fourth-order valence-corrected chi connectivity index (χ4v) is 1.52. The van der Waals surface area contributed by atoms with Gasteiger partial charge in [0.2, 0.25) is 0 Å². The molecule has 17 heavy (non-hydrogen) atoms. The minimum atomic E-state index is -0.216. The smallest absolute Gasteiger partial charge is 0.128 e. The summed E-state index contributed by atoms with van der Waals surface area (Å²) in [6, 6.07) is 5.09. The standard InChI is InChI=1S/C14H20FNO/c1-4-8-16-10-13-7-6-12(9-14(13)15)11(3)17-5-2/h6-7,9,16H,3-5,8,10H2,1-2H3. The Morgan fingerprint density at radius 2 is 2.18 bits per heavy atom. The molecule has 0 spiro atoms. The second-order valence-corrected chi connectivity index (χ2v) is 3.84. The molecule has 0 atom stereocenters. The molecule has 1 rings (SSSR count). The molecule has 1 N–H and O–H groups in total. The van der Waals surface area contributed by atoms with Gasteiger partial charge >= 0.3 is 0 Å². The Morgan fingerprint density at radius 1 is 1.41 bits per heavy atom. The van der Waals surface area contributed by atoms with Crippen molar-refractivity contribution >= 4 is 5.76 Å². The third kappa shape index (κ3) is 4.19. The number of nitrogens with one attached hydrogen (secondary N) is 1. The average Bonchev–Trinajstić information content (AvgIpc) is 2.31. The second kappa shape index (κ2) is 7.07. The molecular formula is C14H20FNO. The molecule has 0 unspecified atom stereocenters. The van der Waals surface area contributed by atoms with E-state index in [0.29, 0.717) is 30.0 Å². The van der Waals surface area contributed by atoms with E-state index in [9.17, 15) is 4.39 Å². The van der Waals surface area contributed by atoms with Crippen LogP contribution in [0.5, 0.6) is 0 Å². The Balaban J connectivity index is 2.68. The highest BCUT2D eigenvalue weighted by Gasteiger charge is 2.05. The van der Waals surface area contributed by atoms with E-state index in [-0.39, 0.29) is 5.82 Å². The molecule has 0 heterocycles. The quantitative estimate of drug-likeness (QED) is 0.580. The maximum absolute atomic E-state index is 13.7. The van der Waals surface area contributed by atoms with Crippen molar-refractivity contribution in [2.75, 3.05) is 13.2 Å². The van der Waals surface area contributed by atoms with Gasteiger partial charge in [0.25, 0.3) is 0 Å². The van der Waals surface area contributed by atoms with Gasteiger partial charge in [0.1, 0.15) is 11.6 Å². The zero-order chi connectivity index (χ0) is 12.7. The summed E-state index contributed by atoms with van der Waals surface area (Å²) in [5.41, 5.74) is 1.37. The summed E-state index contributed by atoms with van der Waals surface area (Å²) >= 11 is 0. The minimum absolute atomic E-state index is 0.216. The lowest BCUT2D eigenvalue weighted by Crippen LogP contribution is -2.14. The van der Waals surface area contributed by atoms with Crippen molar-refractivity contribution in [3.63, 3.8) is 0 Å². The fraction of sp³-hybridized carbons (Fsp3) is 0.429. The maximum Gasteiger partial charge on any atom is 0.128 e. The van der Waals surface area contributed by atoms with Crippen LogP contribution in [0.2, 0.25) is 0 Å². The van der Waals surface area contributed by atoms with Crippen LogP contribution in [0.1, 0.15) is 31.4 Å². The van der Waals surface area contributed by atoms with Crippen molar-refractivity contribution in [2.24, 2.45) is 0 Å². The van der Waals surface area contributed by atoms with E-state index in [1.807, 2.05) is 13.0 Å². The molecule has 1 aromatic rings. The normalized spacial score (nSPS) is 10.3. The van der Waals surface area contributed by atoms with Gasteiger partial charge in [-0.15, -0.1) is 0 Å². The zero-order valence-corrected chi connectivity index (χ0v) is 10.6. The molecule has 0 fully saturated rings. The summed E-state index contributed by atoms with van der Waals surface area (Å²) in [6.45, 7) is 9.71. The molecule has 0 aliphatic rings. The molecule has 0 aromatic heterocycles. The minimum Gasteiger partial charge on any atom is -0.494 e. The van der Waals surface area contributed by atoms with Crippen molar-refractivity contribution < 1.29 is 9.13 Å². The van der Waals surface area contributed by atoms with Gasteiger partial charge in [-0.05, 0) is 26.0 Å². The van der Waals surface area contributed by atoms with Crippen LogP contribution in [0.15, 0.2) is 24.8 Å². The Kier molecular flexibility index (Phi) is 5.70. The monoisotopic (exact) mass is 237 g/mol. The van der Waals surface area contributed by atoms with Gasteiger partial charge in [-0.1, -0.05) is 25.6 Å². The third-order valence-electron chi connectivity index (χ3n) is 2.44. The van der Waals surface area contributed by atoms with Gasteiger partial charge in [-0.25, -0.2) is 4.39 Å². The molecule has 2 nitrogen and oxygen atoms in total. The number of rotatable bonds is 7. The maximum atomic E-state index is 13.7. The number of hydrogen-bond acceptors (Lipinski definition) is 2. The van der Waals surface area contributed by atoms with E-state index in [2.05, 4.69) is 18.8 Å². The van der Waals surface area contributed by atoms with Crippen molar-refractivity contribution in [1.29, 1.82) is 0 Å². The van der Waals surface area contributed by atoms with E-state index in [0.717, 1.165) is 13.0 Å². The Morgan fingerprint density at radius 3 is 2.76 bits per heavy atom. The highest BCUT2D eigenvalue weighted by molar-refractivity contribution is 5.57. The predicted octanol–water partition coefficient (Wildman–Crippen LogP) is 3.33. The lowest BCUT2D eigenvalue weighted by Gasteiger charge is -2.09. The van der Waals surface area contributed by atoms with Crippen LogP contribution in [0.25, 0.3) is 5.76 Å². The number of hydrogen-bond donors (Lipinski definition) is 1. The van der Waals surface area contributed by atoms with Crippen LogP contribution >= 0.6 is 0 Å². The van der Waals surface area contributed by atoms with Crippen LogP contribution in [-0.2, 0) is 11.3 Å². The SMILES string of the molecule is C=C(OCC)c1ccc(CNCCC)c(F)c1. The molecule has 3 heteroatoms. The summed E-state index contributed by atoms with van der Waals surface area (Å²) < 4.78 is 19.0. The number of ether oxygens (including phenoxy) is 1. The van der Waals surface area contributed by atoms with E-state index in [1.165, 1.54) is 6.07 Å². The van der Waals surface area contributed by atoms with Crippen molar-refractivity contribution in [3.05, 3.63) is 41.7 Å². The Labute approximate surface area is 102 Å². The molecule has 0 saturated heterocycles. The lowest BCUT2D eigenvalue weighted by atomic mass is 10.1. The summed E-state index contributed by atoms with van der Waals surface area (Å²) in [5, 5.41) is 3.17. The van der Waals surface area contributed by atoms with Crippen LogP contribution in [0.4, 0.5) is 4.39 Å². The highest BCUT2D eigenvalue weighted by Crippen LogP contribution is 2.17. The summed E-state index contributed by atoms with van der Waals surface area (Å²) in [7, 11) is 0. The van der Waals surface area contributed by atoms with Crippen molar-refractivity contribution in [3.8, 4) is 0 Å². The molecule has 0 radical (unpaired) electrons. The van der Waals surface area contributed by atoms with Crippen LogP contribution < -0.4 is 5.32 Å². The fourth-order valence-electron chi connectivity index (χ4n) is 1.52. The topological polar surface area (TPSA) is 21.3 Å². The molecule has 0 aliphatic carbocycles. The van der Waals surface area contributed by atoms with Gasteiger partial charge in [0.05, 0.1) is 6.61 Å². The lowest BCUT2D eigenvalue weighted by molar-refractivity contribution is 0.299. The van der Waals surface area contributed by atoms with E-state index in [1.54, 1.807) is 6.07 Å². The number of halogens is 1. The second-order valence-electron chi connectivity index (χ2n) is 3.84. The van der Waals surface area contributed by atoms with Gasteiger partial charge < -0.3 is 10.1 Å². The molecular weight excluding hydrogens is 217 g/mol. The van der Waals surface area contributed by atoms with Gasteiger partial charge in [-0.2, -0.15) is 0 Å². The first-order chi connectivity index (χ1) is 8.19. The van der Waals surface area contributed by atoms with Crippen LogP contribution in [0, 0.1) is 5.82 Å². The summed E-state index contributed by atoms with van der Waals surface area (Å²) in [6.07, 6.45) is 1.04. The first kappa shape index (κ1) is 13.7. The highest BCUT2D eigenvalue weighted by atomic mass is 19.1. The first-order valence-corrected chi connectivity index (χ1v) is 6.00. The van der Waals surface area contributed by atoms with Gasteiger partial charge in [-0.3, -0.25) is 0 Å². The Hall–Kier alpha value is -1.35. The molecule has 0 amide bonds. The molecule has 0 saturated carbocycles. The van der Waals surface area contributed by atoms with Crippen molar-refractivity contribution in [1.82, 2.24) is 5.32 Å². The summed E-state index contributed by atoms with van der Waals surface area (Å²) in [5.74, 6) is 0.298. The largest absolute Gasteiger partial charge is 0.494 e. The van der Waals surface area contributed by atoms with Crippen LogP contribution in [-0.4, -0.2) is 13.2 Å². The third-order valence-corrected chi connectivity index (χ3v) is 2.44. The van der Waals surface area contributed by atoms with Gasteiger partial charge in [0, 0.05) is 17.7 Å². The predicted molar refractivity (Wildman–Crippen MR) is 69.1 cm³/mol. The molecule has 1 aromatic carbocycles. The number of benzene rings is 1. The zero-order valence-electron chi connectivity index (χ0n) is 10.6. The Bertz CT molecular complexity index is 376. The molecule has 94 valence electrons. The van der Waals surface area contributed by atoms with E-state index < -0.39 is 0 Å².